The molecule has 0 aliphatic carbocycles. The maximum absolute atomic E-state index is 13.8. The van der Waals surface area contributed by atoms with Crippen molar-refractivity contribution in [1.82, 2.24) is 0 Å². The van der Waals surface area contributed by atoms with Crippen molar-refractivity contribution >= 4 is 13.3 Å². The van der Waals surface area contributed by atoms with Gasteiger partial charge < -0.3 is 19.1 Å². The lowest BCUT2D eigenvalue weighted by molar-refractivity contribution is 0.137. The first-order chi connectivity index (χ1) is 12.7. The quantitative estimate of drug-likeness (QED) is 0.529. The Morgan fingerprint density at radius 1 is 0.963 bits per heavy atom. The van der Waals surface area contributed by atoms with Crippen LogP contribution in [-0.2, 0) is 13.6 Å². The summed E-state index contributed by atoms with van der Waals surface area (Å²) in [5, 5.41) is 3.13. The van der Waals surface area contributed by atoms with Gasteiger partial charge in [0.25, 0.3) is 0 Å². The lowest BCUT2D eigenvalue weighted by atomic mass is 10.2. The highest BCUT2D eigenvalue weighted by atomic mass is 31.2. The zero-order chi connectivity index (χ0) is 20.0. The highest BCUT2D eigenvalue weighted by molar-refractivity contribution is 7.54. The van der Waals surface area contributed by atoms with Gasteiger partial charge in [-0.1, -0.05) is 24.3 Å². The molecule has 1 N–H and O–H groups in total. The second-order valence-electron chi connectivity index (χ2n) is 6.65. The third kappa shape index (κ3) is 5.80. The molecule has 0 aliphatic heterocycles. The van der Waals surface area contributed by atoms with Crippen LogP contribution in [0.5, 0.6) is 5.75 Å². The highest BCUT2D eigenvalue weighted by Gasteiger charge is 2.41. The number of ether oxygens (including phenoxy) is 1. The molecule has 2 rings (SSSR count). The lowest BCUT2D eigenvalue weighted by Gasteiger charge is -2.32. The number of rotatable bonds is 9. The molecular formula is C20H27FNO4P. The molecule has 5 nitrogen and oxygen atoms in total. The van der Waals surface area contributed by atoms with Crippen molar-refractivity contribution in [1.29, 1.82) is 0 Å². The molecule has 148 valence electrons. The Bertz CT molecular complexity index is 783. The van der Waals surface area contributed by atoms with Gasteiger partial charge in [-0.05, 0) is 52.0 Å². The van der Waals surface area contributed by atoms with Crippen LogP contribution in [0.1, 0.15) is 39.0 Å². The van der Waals surface area contributed by atoms with E-state index >= 15 is 0 Å². The number of hydrogen-bond donors (Lipinski definition) is 1. The summed E-state index contributed by atoms with van der Waals surface area (Å²) in [5.74, 6) is -0.741. The van der Waals surface area contributed by atoms with E-state index in [9.17, 15) is 8.96 Å². The van der Waals surface area contributed by atoms with Gasteiger partial charge in [0.1, 0.15) is 11.6 Å². The minimum absolute atomic E-state index is 0.332. The Hall–Kier alpha value is -1.88. The van der Waals surface area contributed by atoms with Gasteiger partial charge in [0.2, 0.25) is 0 Å². The van der Waals surface area contributed by atoms with Crippen molar-refractivity contribution in [3.05, 3.63) is 59.9 Å². The number of halogens is 1. The predicted octanol–water partition coefficient (Wildman–Crippen LogP) is 5.99. The number of nitrogens with one attached hydrogen (secondary N) is 1. The minimum atomic E-state index is -3.70. The Morgan fingerprint density at radius 3 is 2.15 bits per heavy atom. The molecule has 0 fully saturated rings. The SMILES string of the molecule is COc1ccccc1C(Nc1cccc(F)c1)P(=O)(OC(C)C)OC(C)C. The van der Waals surface area contributed by atoms with Crippen LogP contribution in [0, 0.1) is 5.82 Å². The average Bonchev–Trinajstić information content (AvgIpc) is 2.58. The van der Waals surface area contributed by atoms with E-state index in [1.807, 2.05) is 12.1 Å². The summed E-state index contributed by atoms with van der Waals surface area (Å²) in [6.07, 6.45) is -0.665. The summed E-state index contributed by atoms with van der Waals surface area (Å²) in [5.41, 5.74) is 1.07. The van der Waals surface area contributed by atoms with Crippen molar-refractivity contribution in [2.24, 2.45) is 0 Å². The summed E-state index contributed by atoms with van der Waals surface area (Å²) in [6.45, 7) is 7.16. The van der Waals surface area contributed by atoms with Crippen LogP contribution >= 0.6 is 7.60 Å². The van der Waals surface area contributed by atoms with Gasteiger partial charge in [-0.2, -0.15) is 0 Å². The van der Waals surface area contributed by atoms with E-state index in [0.717, 1.165) is 0 Å². The van der Waals surface area contributed by atoms with Gasteiger partial charge in [0, 0.05) is 11.3 Å². The van der Waals surface area contributed by atoms with Gasteiger partial charge >= 0.3 is 7.60 Å². The molecular weight excluding hydrogens is 368 g/mol. The van der Waals surface area contributed by atoms with E-state index < -0.39 is 19.2 Å². The molecule has 0 aliphatic rings. The summed E-state index contributed by atoms with van der Waals surface area (Å²) >= 11 is 0. The van der Waals surface area contributed by atoms with E-state index in [4.69, 9.17) is 13.8 Å². The van der Waals surface area contributed by atoms with Crippen LogP contribution < -0.4 is 10.1 Å². The van der Waals surface area contributed by atoms with Crippen LogP contribution in [0.15, 0.2) is 48.5 Å². The van der Waals surface area contributed by atoms with E-state index in [-0.39, 0.29) is 12.2 Å². The molecule has 0 spiro atoms. The van der Waals surface area contributed by atoms with Crippen molar-refractivity contribution in [3.63, 3.8) is 0 Å². The topological polar surface area (TPSA) is 56.8 Å². The average molecular weight is 395 g/mol. The standard InChI is InChI=1S/C20H27FNO4P/c1-14(2)25-27(23,26-15(3)4)20(18-11-6-7-12-19(18)24-5)22-17-10-8-9-16(21)13-17/h6-15,20,22H,1-5H3. The van der Waals surface area contributed by atoms with E-state index in [1.54, 1.807) is 52.0 Å². The third-order valence-electron chi connectivity index (χ3n) is 3.59. The Kier molecular flexibility index (Phi) is 7.42. The number of benzene rings is 2. The number of para-hydroxylation sites is 1. The molecule has 1 atom stereocenters. The van der Waals surface area contributed by atoms with Crippen LogP contribution in [-0.4, -0.2) is 19.3 Å². The van der Waals surface area contributed by atoms with Gasteiger partial charge in [-0.3, -0.25) is 4.57 Å². The monoisotopic (exact) mass is 395 g/mol. The number of hydrogen-bond acceptors (Lipinski definition) is 5. The molecule has 1 unspecified atom stereocenters. The maximum atomic E-state index is 13.8. The van der Waals surface area contributed by atoms with Crippen LogP contribution in [0.4, 0.5) is 10.1 Å². The Labute approximate surface area is 160 Å². The zero-order valence-corrected chi connectivity index (χ0v) is 17.2. The predicted molar refractivity (Wildman–Crippen MR) is 106 cm³/mol. The summed E-state index contributed by atoms with van der Waals surface area (Å²) in [7, 11) is -2.16. The van der Waals surface area contributed by atoms with Crippen LogP contribution in [0.25, 0.3) is 0 Å². The molecule has 0 heterocycles. The molecule has 0 amide bonds. The fraction of sp³-hybridized carbons (Fsp3) is 0.400. The first-order valence-corrected chi connectivity index (χ1v) is 10.5. The minimum Gasteiger partial charge on any atom is -0.496 e. The van der Waals surface area contributed by atoms with Gasteiger partial charge in [0.15, 0.2) is 5.78 Å². The smallest absolute Gasteiger partial charge is 0.357 e. The summed E-state index contributed by atoms with van der Waals surface area (Å²) in [4.78, 5) is 0. The largest absolute Gasteiger partial charge is 0.496 e. The number of methoxy groups -OCH3 is 1. The van der Waals surface area contributed by atoms with Crippen molar-refractivity contribution in [3.8, 4) is 5.75 Å². The second-order valence-corrected chi connectivity index (χ2v) is 8.67. The molecule has 27 heavy (non-hydrogen) atoms. The van der Waals surface area contributed by atoms with Crippen LogP contribution in [0.3, 0.4) is 0 Å². The highest BCUT2D eigenvalue weighted by Crippen LogP contribution is 2.63. The number of anilines is 1. The van der Waals surface area contributed by atoms with Crippen molar-refractivity contribution < 1.29 is 22.7 Å². The summed E-state index contributed by atoms with van der Waals surface area (Å²) < 4.78 is 44.5. The molecule has 0 aromatic heterocycles. The second kappa shape index (κ2) is 9.36. The van der Waals surface area contributed by atoms with Gasteiger partial charge in [0.05, 0.1) is 19.3 Å². The van der Waals surface area contributed by atoms with E-state index in [1.165, 1.54) is 19.2 Å². The maximum Gasteiger partial charge on any atom is 0.357 e. The van der Waals surface area contributed by atoms with Crippen molar-refractivity contribution in [2.45, 2.75) is 45.7 Å². The van der Waals surface area contributed by atoms with E-state index in [0.29, 0.717) is 17.0 Å². The Balaban J connectivity index is 2.57. The molecule has 2 aromatic rings. The van der Waals surface area contributed by atoms with Gasteiger partial charge in [-0.25, -0.2) is 4.39 Å². The molecule has 2 aromatic carbocycles. The first kappa shape index (κ1) is 21.4. The van der Waals surface area contributed by atoms with Crippen LogP contribution in [0.2, 0.25) is 0 Å². The first-order valence-electron chi connectivity index (χ1n) is 8.86. The zero-order valence-electron chi connectivity index (χ0n) is 16.3. The Morgan fingerprint density at radius 2 is 1.59 bits per heavy atom. The van der Waals surface area contributed by atoms with Crippen molar-refractivity contribution in [2.75, 3.05) is 12.4 Å². The fourth-order valence-electron chi connectivity index (χ4n) is 2.69. The third-order valence-corrected chi connectivity index (χ3v) is 6.06. The molecule has 7 heteroatoms. The normalized spacial score (nSPS) is 13.0. The fourth-order valence-corrected chi connectivity index (χ4v) is 5.02. The lowest BCUT2D eigenvalue weighted by Crippen LogP contribution is -2.19. The van der Waals surface area contributed by atoms with Gasteiger partial charge in [-0.15, -0.1) is 0 Å². The molecule has 0 saturated carbocycles. The van der Waals surface area contributed by atoms with E-state index in [2.05, 4.69) is 5.32 Å². The molecule has 0 radical (unpaired) electrons. The molecule has 0 bridgehead atoms. The summed E-state index contributed by atoms with van der Waals surface area (Å²) in [6, 6.07) is 13.1. The molecule has 0 saturated heterocycles.